The van der Waals surface area contributed by atoms with Gasteiger partial charge in [-0.1, -0.05) is 13.8 Å². The van der Waals surface area contributed by atoms with Crippen LogP contribution in [0.4, 0.5) is 11.5 Å². The fourth-order valence-corrected chi connectivity index (χ4v) is 1.52. The van der Waals surface area contributed by atoms with Crippen LogP contribution in [0.25, 0.3) is 0 Å². The first-order valence-electron chi connectivity index (χ1n) is 5.36. The largest absolute Gasteiger partial charge is 0.362 e. The van der Waals surface area contributed by atoms with E-state index in [1.54, 1.807) is 18.8 Å². The minimum Gasteiger partial charge on any atom is -0.362 e. The molecule has 5 nitrogen and oxygen atoms in total. The van der Waals surface area contributed by atoms with Crippen molar-refractivity contribution >= 4 is 23.1 Å². The van der Waals surface area contributed by atoms with E-state index >= 15 is 0 Å². The van der Waals surface area contributed by atoms with Gasteiger partial charge in [-0.2, -0.15) is 10.5 Å². The van der Waals surface area contributed by atoms with Crippen LogP contribution in [0.1, 0.15) is 26.7 Å². The summed E-state index contributed by atoms with van der Waals surface area (Å²) in [5.74, 6) is 0.718. The van der Waals surface area contributed by atoms with Crippen LogP contribution in [-0.2, 0) is 4.84 Å². The number of aromatic nitrogens is 2. The second-order valence-electron chi connectivity index (χ2n) is 3.45. The first kappa shape index (κ1) is 13.2. The average Bonchev–Trinajstić information content (AvgIpc) is 2.29. The van der Waals surface area contributed by atoms with Crippen LogP contribution in [0.3, 0.4) is 0 Å². The fraction of sp³-hybridized carbons (Fsp3) is 0.600. The molecule has 6 heteroatoms. The van der Waals surface area contributed by atoms with Crippen molar-refractivity contribution in [3.63, 3.8) is 0 Å². The van der Waals surface area contributed by atoms with Crippen molar-refractivity contribution in [2.45, 2.75) is 32.7 Å². The van der Waals surface area contributed by atoms with E-state index in [1.807, 2.05) is 0 Å². The zero-order chi connectivity index (χ0) is 12.0. The van der Waals surface area contributed by atoms with Crippen molar-refractivity contribution in [3.8, 4) is 0 Å². The van der Waals surface area contributed by atoms with E-state index in [0.717, 1.165) is 24.3 Å². The molecule has 16 heavy (non-hydrogen) atoms. The van der Waals surface area contributed by atoms with Crippen LogP contribution in [0.5, 0.6) is 0 Å². The SMILES string of the molecule is CCC(CC)Nc1nc(Cl)ncc1[NH2+]OC. The number of nitrogens with two attached hydrogens (primary N) is 1. The maximum atomic E-state index is 5.77. The van der Waals surface area contributed by atoms with Crippen LogP contribution in [-0.4, -0.2) is 23.1 Å². The number of quaternary nitrogens is 1. The van der Waals surface area contributed by atoms with Gasteiger partial charge in [0.15, 0.2) is 5.82 Å². The second kappa shape index (κ2) is 6.62. The molecule has 0 saturated heterocycles. The van der Waals surface area contributed by atoms with Crippen LogP contribution in [0.2, 0.25) is 5.28 Å². The minimum absolute atomic E-state index is 0.238. The first-order valence-corrected chi connectivity index (χ1v) is 5.74. The predicted molar refractivity (Wildman–Crippen MR) is 63.6 cm³/mol. The molecule has 0 aliphatic heterocycles. The van der Waals surface area contributed by atoms with Crippen LogP contribution in [0.15, 0.2) is 6.20 Å². The monoisotopic (exact) mass is 245 g/mol. The van der Waals surface area contributed by atoms with Crippen molar-refractivity contribution in [1.82, 2.24) is 9.97 Å². The lowest BCUT2D eigenvalue weighted by atomic mass is 10.2. The zero-order valence-corrected chi connectivity index (χ0v) is 10.6. The van der Waals surface area contributed by atoms with E-state index in [4.69, 9.17) is 16.4 Å². The van der Waals surface area contributed by atoms with Gasteiger partial charge in [0, 0.05) is 6.04 Å². The Morgan fingerprint density at radius 1 is 1.50 bits per heavy atom. The van der Waals surface area contributed by atoms with Crippen molar-refractivity contribution in [2.24, 2.45) is 0 Å². The summed E-state index contributed by atoms with van der Waals surface area (Å²) in [7, 11) is 1.59. The molecule has 0 bridgehead atoms. The van der Waals surface area contributed by atoms with Gasteiger partial charge >= 0.3 is 0 Å². The van der Waals surface area contributed by atoms with Crippen molar-refractivity contribution in [2.75, 3.05) is 12.4 Å². The third-order valence-corrected chi connectivity index (χ3v) is 2.54. The average molecular weight is 246 g/mol. The van der Waals surface area contributed by atoms with Gasteiger partial charge < -0.3 is 5.32 Å². The molecule has 0 saturated carbocycles. The molecule has 0 fully saturated rings. The Balaban J connectivity index is 2.86. The molecule has 0 unspecified atom stereocenters. The Labute approximate surface area is 101 Å². The molecular weight excluding hydrogens is 228 g/mol. The van der Waals surface area contributed by atoms with Gasteiger partial charge in [0.2, 0.25) is 11.0 Å². The summed E-state index contributed by atoms with van der Waals surface area (Å²) in [5, 5.41) is 3.56. The molecule has 0 radical (unpaired) electrons. The Kier molecular flexibility index (Phi) is 5.45. The van der Waals surface area contributed by atoms with Crippen LogP contribution >= 0.6 is 11.6 Å². The van der Waals surface area contributed by atoms with E-state index in [9.17, 15) is 0 Å². The van der Waals surface area contributed by atoms with Gasteiger partial charge in [-0.3, -0.25) is 0 Å². The maximum Gasteiger partial charge on any atom is 0.224 e. The van der Waals surface area contributed by atoms with Crippen LogP contribution in [0, 0.1) is 0 Å². The van der Waals surface area contributed by atoms with Crippen LogP contribution < -0.4 is 10.8 Å². The number of nitrogens with one attached hydrogen (secondary N) is 1. The molecule has 0 amide bonds. The highest BCUT2D eigenvalue weighted by atomic mass is 35.5. The van der Waals surface area contributed by atoms with Gasteiger partial charge in [0.25, 0.3) is 0 Å². The van der Waals surface area contributed by atoms with Gasteiger partial charge in [-0.25, -0.2) is 9.82 Å². The van der Waals surface area contributed by atoms with Crippen molar-refractivity contribution < 1.29 is 10.3 Å². The van der Waals surface area contributed by atoms with Gasteiger partial charge in [-0.15, -0.1) is 0 Å². The van der Waals surface area contributed by atoms with E-state index in [2.05, 4.69) is 29.1 Å². The number of hydrogen-bond donors (Lipinski definition) is 2. The van der Waals surface area contributed by atoms with Gasteiger partial charge in [0.05, 0.1) is 13.3 Å². The molecule has 0 aliphatic rings. The van der Waals surface area contributed by atoms with Gasteiger partial charge in [0.1, 0.15) is 0 Å². The lowest BCUT2D eigenvalue weighted by Crippen LogP contribution is -2.76. The standard InChI is InChI=1S/C10H17ClN4O/c1-4-7(5-2)13-9-8(15-16-3)6-12-10(11)14-9/h6-7,15H,4-5H2,1-3H3,(H,12,13,14)/p+1. The Hall–Kier alpha value is -0.910. The third-order valence-electron chi connectivity index (χ3n) is 2.36. The zero-order valence-electron chi connectivity index (χ0n) is 9.83. The summed E-state index contributed by atoms with van der Waals surface area (Å²) in [5.41, 5.74) is 2.40. The predicted octanol–water partition coefficient (Wildman–Crippen LogP) is 1.49. The van der Waals surface area contributed by atoms with E-state index in [0.29, 0.717) is 6.04 Å². The number of anilines is 1. The summed E-state index contributed by atoms with van der Waals surface area (Å²) in [6.07, 6.45) is 3.71. The molecular formula is C10H18ClN4O+. The summed E-state index contributed by atoms with van der Waals surface area (Å²) in [4.78, 5) is 13.0. The van der Waals surface area contributed by atoms with Crippen molar-refractivity contribution in [3.05, 3.63) is 11.5 Å². The van der Waals surface area contributed by atoms with Gasteiger partial charge in [-0.05, 0) is 24.4 Å². The summed E-state index contributed by atoms with van der Waals surface area (Å²) in [6.45, 7) is 4.26. The number of nitrogens with zero attached hydrogens (tertiary/aromatic N) is 2. The Morgan fingerprint density at radius 3 is 2.75 bits per heavy atom. The molecule has 0 spiro atoms. The number of rotatable bonds is 6. The molecule has 1 aromatic rings. The molecule has 90 valence electrons. The number of hydrogen-bond acceptors (Lipinski definition) is 4. The molecule has 1 heterocycles. The Bertz CT molecular complexity index is 331. The lowest BCUT2D eigenvalue weighted by molar-refractivity contribution is -0.829. The third kappa shape index (κ3) is 3.59. The lowest BCUT2D eigenvalue weighted by Gasteiger charge is -2.15. The smallest absolute Gasteiger partial charge is 0.224 e. The molecule has 1 rings (SSSR count). The highest BCUT2D eigenvalue weighted by Crippen LogP contribution is 2.17. The topological polar surface area (TPSA) is 63.7 Å². The van der Waals surface area contributed by atoms with E-state index < -0.39 is 0 Å². The Morgan fingerprint density at radius 2 is 2.19 bits per heavy atom. The normalized spacial score (nSPS) is 10.8. The summed E-state index contributed by atoms with van der Waals surface area (Å²) in [6, 6.07) is 0.384. The molecule has 0 aliphatic carbocycles. The summed E-state index contributed by atoms with van der Waals surface area (Å²) < 4.78 is 0. The molecule has 0 aromatic carbocycles. The maximum absolute atomic E-state index is 5.77. The molecule has 3 N–H and O–H groups in total. The second-order valence-corrected chi connectivity index (χ2v) is 3.79. The summed E-state index contributed by atoms with van der Waals surface area (Å²) >= 11 is 5.77. The quantitative estimate of drug-likeness (QED) is 0.589. The van der Waals surface area contributed by atoms with Crippen molar-refractivity contribution in [1.29, 1.82) is 0 Å². The highest BCUT2D eigenvalue weighted by molar-refractivity contribution is 6.28. The fourth-order valence-electron chi connectivity index (χ4n) is 1.38. The minimum atomic E-state index is 0.238. The van der Waals surface area contributed by atoms with E-state index in [-0.39, 0.29) is 5.28 Å². The highest BCUT2D eigenvalue weighted by Gasteiger charge is 2.13. The molecule has 0 atom stereocenters. The molecule has 1 aromatic heterocycles. The number of halogens is 1. The van der Waals surface area contributed by atoms with E-state index in [1.165, 1.54) is 0 Å². The first-order chi connectivity index (χ1) is 7.71.